The van der Waals surface area contributed by atoms with Crippen LogP contribution in [0.1, 0.15) is 18.1 Å². The molecule has 1 aliphatic rings. The van der Waals surface area contributed by atoms with Crippen molar-refractivity contribution in [2.75, 3.05) is 11.9 Å². The first-order chi connectivity index (χ1) is 10.2. The molecule has 0 fully saturated rings. The summed E-state index contributed by atoms with van der Waals surface area (Å²) in [5.74, 6) is 0.760. The van der Waals surface area contributed by atoms with Gasteiger partial charge in [-0.05, 0) is 48.9 Å². The summed E-state index contributed by atoms with van der Waals surface area (Å²) in [6.07, 6.45) is 1.89. The SMILES string of the molecule is CCOc1ccc(C=C2C(=O)Nc3ccc(Br)cc32)cc1. The topological polar surface area (TPSA) is 38.3 Å². The second-order valence-corrected chi connectivity index (χ2v) is 5.62. The standard InChI is InChI=1S/C17H14BrNO2/c1-2-21-13-6-3-11(4-7-13)9-15-14-10-12(18)5-8-16(14)19-17(15)20/h3-10H,2H2,1H3,(H,19,20). The molecule has 0 saturated heterocycles. The molecule has 1 N–H and O–H groups in total. The number of anilines is 1. The third-order valence-electron chi connectivity index (χ3n) is 3.27. The van der Waals surface area contributed by atoms with E-state index < -0.39 is 0 Å². The van der Waals surface area contributed by atoms with E-state index in [1.54, 1.807) is 0 Å². The number of benzene rings is 2. The zero-order valence-electron chi connectivity index (χ0n) is 11.5. The van der Waals surface area contributed by atoms with Gasteiger partial charge in [0, 0.05) is 21.3 Å². The number of fused-ring (bicyclic) bond motifs is 1. The van der Waals surface area contributed by atoms with Crippen LogP contribution in [0.4, 0.5) is 5.69 Å². The lowest BCUT2D eigenvalue weighted by Gasteiger charge is -2.03. The summed E-state index contributed by atoms with van der Waals surface area (Å²) in [7, 11) is 0. The van der Waals surface area contributed by atoms with Gasteiger partial charge in [0.1, 0.15) is 5.75 Å². The largest absolute Gasteiger partial charge is 0.494 e. The van der Waals surface area contributed by atoms with Gasteiger partial charge in [-0.1, -0.05) is 28.1 Å². The van der Waals surface area contributed by atoms with Crippen molar-refractivity contribution >= 4 is 39.2 Å². The smallest absolute Gasteiger partial charge is 0.256 e. The zero-order valence-corrected chi connectivity index (χ0v) is 13.1. The Morgan fingerprint density at radius 1 is 1.19 bits per heavy atom. The molecular weight excluding hydrogens is 330 g/mol. The van der Waals surface area contributed by atoms with Crippen molar-refractivity contribution in [1.82, 2.24) is 0 Å². The minimum absolute atomic E-state index is 0.0722. The van der Waals surface area contributed by atoms with E-state index in [4.69, 9.17) is 4.74 Å². The van der Waals surface area contributed by atoms with E-state index >= 15 is 0 Å². The van der Waals surface area contributed by atoms with Gasteiger partial charge in [-0.3, -0.25) is 4.79 Å². The Kier molecular flexibility index (Phi) is 3.80. The third-order valence-corrected chi connectivity index (χ3v) is 3.76. The first-order valence-corrected chi connectivity index (χ1v) is 7.52. The fraction of sp³-hybridized carbons (Fsp3) is 0.118. The van der Waals surface area contributed by atoms with Crippen LogP contribution in [0.25, 0.3) is 11.6 Å². The van der Waals surface area contributed by atoms with Crippen LogP contribution in [-0.4, -0.2) is 12.5 Å². The van der Waals surface area contributed by atoms with E-state index in [2.05, 4.69) is 21.2 Å². The van der Waals surface area contributed by atoms with Gasteiger partial charge in [-0.15, -0.1) is 0 Å². The molecule has 106 valence electrons. The molecule has 0 aromatic heterocycles. The molecule has 0 saturated carbocycles. The van der Waals surface area contributed by atoms with Crippen molar-refractivity contribution in [1.29, 1.82) is 0 Å². The monoisotopic (exact) mass is 343 g/mol. The molecule has 0 radical (unpaired) electrons. The lowest BCUT2D eigenvalue weighted by molar-refractivity contribution is -0.110. The summed E-state index contributed by atoms with van der Waals surface area (Å²) in [6, 6.07) is 13.5. The van der Waals surface area contributed by atoms with Gasteiger partial charge in [0.05, 0.1) is 6.61 Å². The first-order valence-electron chi connectivity index (χ1n) is 6.73. The summed E-state index contributed by atoms with van der Waals surface area (Å²) >= 11 is 3.44. The van der Waals surface area contributed by atoms with Crippen LogP contribution in [0.5, 0.6) is 5.75 Å². The Hall–Kier alpha value is -2.07. The lowest BCUT2D eigenvalue weighted by Crippen LogP contribution is -2.03. The number of ether oxygens (including phenoxy) is 1. The van der Waals surface area contributed by atoms with Crippen LogP contribution in [0.3, 0.4) is 0 Å². The molecule has 4 heteroatoms. The normalized spacial score (nSPS) is 15.0. The quantitative estimate of drug-likeness (QED) is 0.841. The fourth-order valence-corrected chi connectivity index (χ4v) is 2.66. The minimum Gasteiger partial charge on any atom is -0.494 e. The van der Waals surface area contributed by atoms with Crippen LogP contribution in [-0.2, 0) is 4.79 Å². The van der Waals surface area contributed by atoms with Crippen LogP contribution in [0.15, 0.2) is 46.9 Å². The predicted molar refractivity (Wildman–Crippen MR) is 88.3 cm³/mol. The summed E-state index contributed by atoms with van der Waals surface area (Å²) in [5, 5.41) is 2.87. The summed E-state index contributed by atoms with van der Waals surface area (Å²) < 4.78 is 6.37. The molecule has 1 heterocycles. The molecule has 1 aliphatic heterocycles. The van der Waals surface area contributed by atoms with Gasteiger partial charge in [0.2, 0.25) is 0 Å². The van der Waals surface area contributed by atoms with Crippen molar-refractivity contribution in [2.45, 2.75) is 6.92 Å². The summed E-state index contributed by atoms with van der Waals surface area (Å²) in [6.45, 7) is 2.60. The van der Waals surface area contributed by atoms with E-state index in [9.17, 15) is 4.79 Å². The van der Waals surface area contributed by atoms with Crippen LogP contribution < -0.4 is 10.1 Å². The second kappa shape index (κ2) is 5.74. The molecule has 2 aromatic carbocycles. The highest BCUT2D eigenvalue weighted by Crippen LogP contribution is 2.35. The molecule has 0 aliphatic carbocycles. The number of amides is 1. The number of nitrogens with one attached hydrogen (secondary N) is 1. The maximum absolute atomic E-state index is 12.1. The van der Waals surface area contributed by atoms with E-state index in [-0.39, 0.29) is 5.91 Å². The molecule has 0 unspecified atom stereocenters. The van der Waals surface area contributed by atoms with Crippen molar-refractivity contribution < 1.29 is 9.53 Å². The number of rotatable bonds is 3. The number of carbonyl (C=O) groups excluding carboxylic acids is 1. The van der Waals surface area contributed by atoms with Crippen molar-refractivity contribution in [3.63, 3.8) is 0 Å². The van der Waals surface area contributed by atoms with Crippen molar-refractivity contribution in [3.8, 4) is 5.75 Å². The number of hydrogen-bond donors (Lipinski definition) is 1. The number of halogens is 1. The Labute approximate surface area is 131 Å². The Morgan fingerprint density at radius 2 is 1.95 bits per heavy atom. The van der Waals surface area contributed by atoms with Crippen LogP contribution in [0, 0.1) is 0 Å². The molecule has 0 atom stereocenters. The van der Waals surface area contributed by atoms with Crippen molar-refractivity contribution in [3.05, 3.63) is 58.1 Å². The average Bonchev–Trinajstić information content (AvgIpc) is 2.77. The summed E-state index contributed by atoms with van der Waals surface area (Å²) in [5.41, 5.74) is 3.41. The number of carbonyl (C=O) groups is 1. The predicted octanol–water partition coefficient (Wildman–Crippen LogP) is 4.34. The van der Waals surface area contributed by atoms with E-state index in [0.717, 1.165) is 27.0 Å². The highest BCUT2D eigenvalue weighted by atomic mass is 79.9. The molecule has 0 spiro atoms. The molecule has 1 amide bonds. The van der Waals surface area contributed by atoms with Gasteiger partial charge in [0.25, 0.3) is 5.91 Å². The molecular formula is C17H14BrNO2. The third kappa shape index (κ3) is 2.85. The van der Waals surface area contributed by atoms with Gasteiger partial charge in [-0.25, -0.2) is 0 Å². The zero-order chi connectivity index (χ0) is 14.8. The van der Waals surface area contributed by atoms with Crippen molar-refractivity contribution in [2.24, 2.45) is 0 Å². The average molecular weight is 344 g/mol. The maximum Gasteiger partial charge on any atom is 0.256 e. The maximum atomic E-state index is 12.1. The minimum atomic E-state index is -0.0722. The van der Waals surface area contributed by atoms with Gasteiger partial charge >= 0.3 is 0 Å². The fourth-order valence-electron chi connectivity index (χ4n) is 2.30. The molecule has 3 nitrogen and oxygen atoms in total. The molecule has 3 rings (SSSR count). The highest BCUT2D eigenvalue weighted by molar-refractivity contribution is 9.10. The molecule has 21 heavy (non-hydrogen) atoms. The Morgan fingerprint density at radius 3 is 2.67 bits per heavy atom. The van der Waals surface area contributed by atoms with Gasteiger partial charge < -0.3 is 10.1 Å². The Bertz CT molecular complexity index is 720. The Balaban J connectivity index is 1.96. The van der Waals surface area contributed by atoms with Gasteiger partial charge in [-0.2, -0.15) is 0 Å². The number of hydrogen-bond acceptors (Lipinski definition) is 2. The van der Waals surface area contributed by atoms with Crippen LogP contribution >= 0.6 is 15.9 Å². The van der Waals surface area contributed by atoms with E-state index in [1.165, 1.54) is 0 Å². The first kappa shape index (κ1) is 13.9. The lowest BCUT2D eigenvalue weighted by atomic mass is 10.0. The second-order valence-electron chi connectivity index (χ2n) is 4.70. The molecule has 0 bridgehead atoms. The van der Waals surface area contributed by atoms with E-state index in [1.807, 2.05) is 55.5 Å². The summed E-state index contributed by atoms with van der Waals surface area (Å²) in [4.78, 5) is 12.1. The molecule has 2 aromatic rings. The van der Waals surface area contributed by atoms with Gasteiger partial charge in [0.15, 0.2) is 0 Å². The highest BCUT2D eigenvalue weighted by Gasteiger charge is 2.23. The van der Waals surface area contributed by atoms with Crippen LogP contribution in [0.2, 0.25) is 0 Å². The van der Waals surface area contributed by atoms with E-state index in [0.29, 0.717) is 12.2 Å².